The van der Waals surface area contributed by atoms with Crippen molar-refractivity contribution < 1.29 is 37.4 Å². The molecule has 0 atom stereocenters. The summed E-state index contributed by atoms with van der Waals surface area (Å²) in [6.45, 7) is -0.225. The van der Waals surface area contributed by atoms with E-state index in [9.17, 15) is 23.2 Å². The van der Waals surface area contributed by atoms with E-state index >= 15 is 0 Å². The number of halogens is 2. The van der Waals surface area contributed by atoms with Gasteiger partial charge in [0.1, 0.15) is 11.6 Å². The lowest BCUT2D eigenvalue weighted by atomic mass is 10.1. The number of methoxy groups -OCH3 is 3. The van der Waals surface area contributed by atoms with E-state index in [-0.39, 0.29) is 23.6 Å². The molecule has 11 heteroatoms. The fraction of sp³-hybridized carbons (Fsp3) is 0.227. The second-order valence-corrected chi connectivity index (χ2v) is 7.67. The molecule has 0 aliphatic carbocycles. The SMILES string of the molecule is COc1cc(/C=C2\SC(=O)N(CCNC(=O)c3ccc(F)cc3F)C2=O)cc(OC)c1OC. The van der Waals surface area contributed by atoms with Gasteiger partial charge < -0.3 is 19.5 Å². The van der Waals surface area contributed by atoms with Crippen LogP contribution < -0.4 is 19.5 Å². The maximum atomic E-state index is 13.7. The van der Waals surface area contributed by atoms with Crippen LogP contribution in [0.5, 0.6) is 17.2 Å². The van der Waals surface area contributed by atoms with Crippen LogP contribution in [-0.4, -0.2) is 56.4 Å². The second-order valence-electron chi connectivity index (χ2n) is 6.67. The summed E-state index contributed by atoms with van der Waals surface area (Å²) in [5.41, 5.74) is 0.211. The Morgan fingerprint density at radius 3 is 2.30 bits per heavy atom. The van der Waals surface area contributed by atoms with E-state index < -0.39 is 28.7 Å². The van der Waals surface area contributed by atoms with Crippen molar-refractivity contribution in [2.75, 3.05) is 34.4 Å². The molecule has 1 heterocycles. The molecule has 2 aromatic rings. The molecule has 3 rings (SSSR count). The third-order valence-electron chi connectivity index (χ3n) is 4.66. The van der Waals surface area contributed by atoms with E-state index in [1.54, 1.807) is 12.1 Å². The van der Waals surface area contributed by atoms with Crippen LogP contribution in [0.2, 0.25) is 0 Å². The Labute approximate surface area is 192 Å². The number of carbonyl (C=O) groups is 3. The highest BCUT2D eigenvalue weighted by Gasteiger charge is 2.35. The van der Waals surface area contributed by atoms with Crippen molar-refractivity contribution in [2.45, 2.75) is 0 Å². The van der Waals surface area contributed by atoms with Crippen LogP contribution in [0, 0.1) is 11.6 Å². The highest BCUT2D eigenvalue weighted by Crippen LogP contribution is 2.40. The number of imide groups is 1. The van der Waals surface area contributed by atoms with Crippen molar-refractivity contribution in [1.29, 1.82) is 0 Å². The molecule has 0 bridgehead atoms. The van der Waals surface area contributed by atoms with Crippen LogP contribution in [0.4, 0.5) is 13.6 Å². The van der Waals surface area contributed by atoms with Gasteiger partial charge in [0.25, 0.3) is 17.1 Å². The molecule has 8 nitrogen and oxygen atoms in total. The standard InChI is InChI=1S/C22H20F2N2O6S/c1-30-16-8-12(9-17(31-2)19(16)32-3)10-18-21(28)26(22(29)33-18)7-6-25-20(27)14-5-4-13(23)11-15(14)24/h4-5,8-11H,6-7H2,1-3H3,(H,25,27)/b18-10-. The Balaban J connectivity index is 1.69. The van der Waals surface area contributed by atoms with Gasteiger partial charge in [-0.05, 0) is 47.7 Å². The first-order valence-corrected chi connectivity index (χ1v) is 10.4. The Hall–Kier alpha value is -3.60. The first kappa shape index (κ1) is 24.1. The summed E-state index contributed by atoms with van der Waals surface area (Å²) < 4.78 is 42.5. The average Bonchev–Trinajstić information content (AvgIpc) is 3.05. The number of benzene rings is 2. The van der Waals surface area contributed by atoms with E-state index in [1.807, 2.05) is 0 Å². The topological polar surface area (TPSA) is 94.2 Å². The Kier molecular flexibility index (Phi) is 7.54. The van der Waals surface area contributed by atoms with Gasteiger partial charge in [-0.2, -0.15) is 0 Å². The normalized spacial score (nSPS) is 14.6. The molecule has 1 fully saturated rings. The van der Waals surface area contributed by atoms with Gasteiger partial charge >= 0.3 is 0 Å². The van der Waals surface area contributed by atoms with Crippen molar-refractivity contribution >= 4 is 34.9 Å². The number of nitrogens with zero attached hydrogens (tertiary/aromatic N) is 1. The second kappa shape index (κ2) is 10.3. The molecule has 0 radical (unpaired) electrons. The molecule has 3 amide bonds. The minimum absolute atomic E-state index is 0.106. The maximum absolute atomic E-state index is 13.7. The van der Waals surface area contributed by atoms with E-state index in [2.05, 4.69) is 5.32 Å². The highest BCUT2D eigenvalue weighted by molar-refractivity contribution is 8.18. The third kappa shape index (κ3) is 5.25. The number of amides is 3. The van der Waals surface area contributed by atoms with Crippen molar-refractivity contribution in [3.8, 4) is 17.2 Å². The van der Waals surface area contributed by atoms with Crippen molar-refractivity contribution in [2.24, 2.45) is 0 Å². The van der Waals surface area contributed by atoms with Crippen molar-refractivity contribution in [3.05, 3.63) is 58.0 Å². The van der Waals surface area contributed by atoms with E-state index in [4.69, 9.17) is 14.2 Å². The van der Waals surface area contributed by atoms with Gasteiger partial charge in [-0.15, -0.1) is 0 Å². The fourth-order valence-electron chi connectivity index (χ4n) is 3.08. The molecule has 1 saturated heterocycles. The molecule has 1 aliphatic rings. The monoisotopic (exact) mass is 478 g/mol. The quantitative estimate of drug-likeness (QED) is 0.581. The lowest BCUT2D eigenvalue weighted by Gasteiger charge is -2.14. The Morgan fingerprint density at radius 1 is 1.06 bits per heavy atom. The number of hydrogen-bond acceptors (Lipinski definition) is 7. The maximum Gasteiger partial charge on any atom is 0.293 e. The molecule has 174 valence electrons. The lowest BCUT2D eigenvalue weighted by molar-refractivity contribution is -0.122. The molecular formula is C22H20F2N2O6S. The third-order valence-corrected chi connectivity index (χ3v) is 5.56. The van der Waals surface area contributed by atoms with Gasteiger partial charge in [-0.1, -0.05) is 0 Å². The van der Waals surface area contributed by atoms with E-state index in [0.717, 1.165) is 28.8 Å². The van der Waals surface area contributed by atoms with Crippen LogP contribution in [0.3, 0.4) is 0 Å². The number of hydrogen-bond donors (Lipinski definition) is 1. The minimum atomic E-state index is -1.01. The summed E-state index contributed by atoms with van der Waals surface area (Å²) in [4.78, 5) is 38.2. The Bertz CT molecular complexity index is 1110. The van der Waals surface area contributed by atoms with Crippen LogP contribution in [0.1, 0.15) is 15.9 Å². The molecule has 0 saturated carbocycles. The van der Waals surface area contributed by atoms with Crippen LogP contribution >= 0.6 is 11.8 Å². The smallest absolute Gasteiger partial charge is 0.293 e. The first-order chi connectivity index (χ1) is 15.8. The summed E-state index contributed by atoms with van der Waals surface area (Å²) >= 11 is 0.744. The van der Waals surface area contributed by atoms with Gasteiger partial charge in [0.15, 0.2) is 11.5 Å². The zero-order valence-electron chi connectivity index (χ0n) is 17.9. The van der Waals surface area contributed by atoms with Gasteiger partial charge in [-0.25, -0.2) is 8.78 Å². The Morgan fingerprint density at radius 2 is 1.73 bits per heavy atom. The van der Waals surface area contributed by atoms with Crippen LogP contribution in [0.15, 0.2) is 35.2 Å². The van der Waals surface area contributed by atoms with Crippen molar-refractivity contribution in [1.82, 2.24) is 10.2 Å². The zero-order chi connectivity index (χ0) is 24.1. The number of ether oxygens (including phenoxy) is 3. The largest absolute Gasteiger partial charge is 0.493 e. The summed E-state index contributed by atoms with van der Waals surface area (Å²) in [5, 5.41) is 1.90. The lowest BCUT2D eigenvalue weighted by Crippen LogP contribution is -2.37. The summed E-state index contributed by atoms with van der Waals surface area (Å²) in [5.74, 6) is -1.98. The first-order valence-electron chi connectivity index (χ1n) is 9.57. The molecular weight excluding hydrogens is 458 g/mol. The molecule has 2 aromatic carbocycles. The summed E-state index contributed by atoms with van der Waals surface area (Å²) in [7, 11) is 4.39. The van der Waals surface area contributed by atoms with Crippen LogP contribution in [0.25, 0.3) is 6.08 Å². The number of nitrogens with one attached hydrogen (secondary N) is 1. The minimum Gasteiger partial charge on any atom is -0.493 e. The number of carbonyl (C=O) groups excluding carboxylic acids is 3. The average molecular weight is 478 g/mol. The molecule has 1 aliphatic heterocycles. The van der Waals surface area contributed by atoms with Crippen molar-refractivity contribution in [3.63, 3.8) is 0 Å². The summed E-state index contributed by atoms with van der Waals surface area (Å²) in [6, 6.07) is 5.83. The molecule has 0 unspecified atom stereocenters. The van der Waals surface area contributed by atoms with Gasteiger partial charge in [0, 0.05) is 19.2 Å². The van der Waals surface area contributed by atoms with E-state index in [0.29, 0.717) is 28.9 Å². The summed E-state index contributed by atoms with van der Waals surface area (Å²) in [6.07, 6.45) is 1.52. The van der Waals surface area contributed by atoms with Gasteiger partial charge in [0.05, 0.1) is 31.8 Å². The predicted octanol–water partition coefficient (Wildman–Crippen LogP) is 3.46. The fourth-order valence-corrected chi connectivity index (χ4v) is 3.94. The molecule has 0 spiro atoms. The zero-order valence-corrected chi connectivity index (χ0v) is 18.8. The number of thioether (sulfide) groups is 1. The van der Waals surface area contributed by atoms with Crippen LogP contribution in [-0.2, 0) is 4.79 Å². The molecule has 0 aromatic heterocycles. The number of rotatable bonds is 8. The molecule has 1 N–H and O–H groups in total. The van der Waals surface area contributed by atoms with Gasteiger partial charge in [-0.3, -0.25) is 19.3 Å². The predicted molar refractivity (Wildman–Crippen MR) is 117 cm³/mol. The van der Waals surface area contributed by atoms with Gasteiger partial charge in [0.2, 0.25) is 5.75 Å². The molecule has 33 heavy (non-hydrogen) atoms. The highest BCUT2D eigenvalue weighted by atomic mass is 32.2. The van der Waals surface area contributed by atoms with E-state index in [1.165, 1.54) is 27.4 Å².